The number of hydrogen-bond acceptors (Lipinski definition) is 4. The Bertz CT molecular complexity index is 753. The lowest BCUT2D eigenvalue weighted by Crippen LogP contribution is -2.42. The van der Waals surface area contributed by atoms with Crippen molar-refractivity contribution in [1.29, 1.82) is 0 Å². The van der Waals surface area contributed by atoms with E-state index in [2.05, 4.69) is 4.98 Å². The lowest BCUT2D eigenvalue weighted by molar-refractivity contribution is -0.143. The van der Waals surface area contributed by atoms with Crippen LogP contribution in [0, 0.1) is 19.8 Å². The SMILES string of the molecule is Cc1ccnc2sc(C(=O)N3CCCC(C(=O)O)C3)c(C)c12. The van der Waals surface area contributed by atoms with Crippen LogP contribution >= 0.6 is 11.3 Å². The predicted molar refractivity (Wildman–Crippen MR) is 85.4 cm³/mol. The lowest BCUT2D eigenvalue weighted by Gasteiger charge is -2.30. The van der Waals surface area contributed by atoms with Gasteiger partial charge in [0.15, 0.2) is 0 Å². The molecule has 1 aliphatic rings. The van der Waals surface area contributed by atoms with Crippen molar-refractivity contribution in [2.75, 3.05) is 13.1 Å². The summed E-state index contributed by atoms with van der Waals surface area (Å²) in [5.41, 5.74) is 2.06. The monoisotopic (exact) mass is 318 g/mol. The second-order valence-electron chi connectivity index (χ2n) is 5.79. The average molecular weight is 318 g/mol. The predicted octanol–water partition coefficient (Wildman–Crippen LogP) is 2.85. The molecule has 2 aromatic heterocycles. The van der Waals surface area contributed by atoms with Gasteiger partial charge in [-0.25, -0.2) is 4.98 Å². The third kappa shape index (κ3) is 2.47. The highest BCUT2D eigenvalue weighted by Crippen LogP contribution is 2.33. The number of carboxylic acids is 1. The molecule has 0 bridgehead atoms. The highest BCUT2D eigenvalue weighted by atomic mass is 32.1. The fraction of sp³-hybridized carbons (Fsp3) is 0.438. The van der Waals surface area contributed by atoms with Crippen molar-refractivity contribution in [3.05, 3.63) is 28.3 Å². The van der Waals surface area contributed by atoms with E-state index in [0.29, 0.717) is 24.4 Å². The quantitative estimate of drug-likeness (QED) is 0.924. The normalized spacial score (nSPS) is 18.6. The molecule has 22 heavy (non-hydrogen) atoms. The van der Waals surface area contributed by atoms with Gasteiger partial charge in [-0.3, -0.25) is 9.59 Å². The molecule has 0 radical (unpaired) electrons. The first kappa shape index (κ1) is 15.0. The number of aliphatic carboxylic acids is 1. The number of fused-ring (bicyclic) bond motifs is 1. The van der Waals surface area contributed by atoms with Crippen molar-refractivity contribution in [3.63, 3.8) is 0 Å². The van der Waals surface area contributed by atoms with Gasteiger partial charge in [0.1, 0.15) is 4.83 Å². The molecule has 2 aromatic rings. The van der Waals surface area contributed by atoms with E-state index >= 15 is 0 Å². The van der Waals surface area contributed by atoms with Crippen LogP contribution in [0.3, 0.4) is 0 Å². The number of carbonyl (C=O) groups excluding carboxylic acids is 1. The highest BCUT2D eigenvalue weighted by molar-refractivity contribution is 7.20. The second-order valence-corrected chi connectivity index (χ2v) is 6.79. The Balaban J connectivity index is 1.94. The topological polar surface area (TPSA) is 70.5 Å². The van der Waals surface area contributed by atoms with Gasteiger partial charge in [-0.15, -0.1) is 11.3 Å². The van der Waals surface area contributed by atoms with Gasteiger partial charge in [0, 0.05) is 24.7 Å². The second kappa shape index (κ2) is 5.68. The fourth-order valence-electron chi connectivity index (χ4n) is 3.06. The first-order chi connectivity index (χ1) is 10.5. The van der Waals surface area contributed by atoms with E-state index in [4.69, 9.17) is 5.11 Å². The van der Waals surface area contributed by atoms with Crippen molar-refractivity contribution in [1.82, 2.24) is 9.88 Å². The average Bonchev–Trinajstić information content (AvgIpc) is 2.85. The van der Waals surface area contributed by atoms with Gasteiger partial charge in [0.05, 0.1) is 10.8 Å². The van der Waals surface area contributed by atoms with Crippen LogP contribution in [-0.2, 0) is 4.79 Å². The molecule has 0 aromatic carbocycles. The van der Waals surface area contributed by atoms with Crippen molar-refractivity contribution >= 4 is 33.4 Å². The Labute approximate surface area is 132 Å². The van der Waals surface area contributed by atoms with Crippen LogP contribution in [-0.4, -0.2) is 40.0 Å². The summed E-state index contributed by atoms with van der Waals surface area (Å²) in [6, 6.07) is 1.94. The molecule has 3 heterocycles. The fourth-order valence-corrected chi connectivity index (χ4v) is 4.26. The number of piperidine rings is 1. The zero-order valence-corrected chi connectivity index (χ0v) is 13.4. The molecule has 6 heteroatoms. The lowest BCUT2D eigenvalue weighted by atomic mass is 9.98. The number of hydrogen-bond donors (Lipinski definition) is 1. The molecule has 3 rings (SSSR count). The van der Waals surface area contributed by atoms with Crippen LogP contribution in [0.5, 0.6) is 0 Å². The van der Waals surface area contributed by atoms with Gasteiger partial charge in [-0.2, -0.15) is 0 Å². The standard InChI is InChI=1S/C16H18N2O3S/c1-9-5-6-17-14-12(9)10(2)13(22-14)15(19)18-7-3-4-11(8-18)16(20)21/h5-6,11H,3-4,7-8H2,1-2H3,(H,20,21). The third-order valence-corrected chi connectivity index (χ3v) is 5.48. The number of carboxylic acid groups (broad SMARTS) is 1. The van der Waals surface area contributed by atoms with E-state index in [1.54, 1.807) is 11.1 Å². The number of nitrogens with zero attached hydrogens (tertiary/aromatic N) is 2. The van der Waals surface area contributed by atoms with E-state index < -0.39 is 11.9 Å². The van der Waals surface area contributed by atoms with Crippen molar-refractivity contribution < 1.29 is 14.7 Å². The zero-order valence-electron chi connectivity index (χ0n) is 12.6. The van der Waals surface area contributed by atoms with Gasteiger partial charge in [-0.05, 0) is 43.9 Å². The van der Waals surface area contributed by atoms with Crippen molar-refractivity contribution in [2.45, 2.75) is 26.7 Å². The first-order valence-corrected chi connectivity index (χ1v) is 8.17. The Morgan fingerprint density at radius 2 is 2.18 bits per heavy atom. The third-order valence-electron chi connectivity index (χ3n) is 4.29. The molecule has 116 valence electrons. The van der Waals surface area contributed by atoms with Gasteiger partial charge in [0.25, 0.3) is 5.91 Å². The minimum atomic E-state index is -0.817. The van der Waals surface area contributed by atoms with Crippen LogP contribution in [0.2, 0.25) is 0 Å². The Hall–Kier alpha value is -1.95. The number of aryl methyl sites for hydroxylation is 2. The van der Waals surface area contributed by atoms with E-state index in [-0.39, 0.29) is 5.91 Å². The van der Waals surface area contributed by atoms with Crippen LogP contribution in [0.4, 0.5) is 0 Å². The minimum Gasteiger partial charge on any atom is -0.481 e. The first-order valence-electron chi connectivity index (χ1n) is 7.36. The summed E-state index contributed by atoms with van der Waals surface area (Å²) >= 11 is 1.40. The molecule has 0 spiro atoms. The number of rotatable bonds is 2. The Morgan fingerprint density at radius 3 is 2.86 bits per heavy atom. The smallest absolute Gasteiger partial charge is 0.308 e. The molecule has 0 aliphatic carbocycles. The number of aromatic nitrogens is 1. The Morgan fingerprint density at radius 1 is 1.41 bits per heavy atom. The van der Waals surface area contributed by atoms with E-state index in [1.165, 1.54) is 11.3 Å². The molecule has 1 atom stereocenters. The van der Waals surface area contributed by atoms with Crippen molar-refractivity contribution in [2.24, 2.45) is 5.92 Å². The number of thiophene rings is 1. The summed E-state index contributed by atoms with van der Waals surface area (Å²) in [6.45, 7) is 4.88. The van der Waals surface area contributed by atoms with Crippen LogP contribution in [0.1, 0.15) is 33.6 Å². The molecule has 1 saturated heterocycles. The van der Waals surface area contributed by atoms with E-state index in [0.717, 1.165) is 27.8 Å². The Kier molecular flexibility index (Phi) is 3.87. The number of amides is 1. The summed E-state index contributed by atoms with van der Waals surface area (Å²) < 4.78 is 0. The molecular weight excluding hydrogens is 300 g/mol. The maximum Gasteiger partial charge on any atom is 0.308 e. The highest BCUT2D eigenvalue weighted by Gasteiger charge is 2.30. The largest absolute Gasteiger partial charge is 0.481 e. The minimum absolute atomic E-state index is 0.0640. The van der Waals surface area contributed by atoms with Crippen LogP contribution < -0.4 is 0 Å². The number of likely N-dealkylation sites (tertiary alicyclic amines) is 1. The van der Waals surface area contributed by atoms with Crippen molar-refractivity contribution in [3.8, 4) is 0 Å². The summed E-state index contributed by atoms with van der Waals surface area (Å²) in [5, 5.41) is 10.2. The number of carbonyl (C=O) groups is 2. The van der Waals surface area contributed by atoms with Gasteiger partial charge in [0.2, 0.25) is 0 Å². The molecule has 1 aliphatic heterocycles. The summed E-state index contributed by atoms with van der Waals surface area (Å²) in [6.07, 6.45) is 3.14. The summed E-state index contributed by atoms with van der Waals surface area (Å²) in [7, 11) is 0. The molecule has 1 unspecified atom stereocenters. The molecule has 0 saturated carbocycles. The molecule has 1 fully saturated rings. The van der Waals surface area contributed by atoms with E-state index in [9.17, 15) is 9.59 Å². The zero-order chi connectivity index (χ0) is 15.9. The maximum atomic E-state index is 12.8. The molecular formula is C16H18N2O3S. The molecule has 1 amide bonds. The van der Waals surface area contributed by atoms with E-state index in [1.807, 2.05) is 19.9 Å². The van der Waals surface area contributed by atoms with Crippen LogP contribution in [0.15, 0.2) is 12.3 Å². The van der Waals surface area contributed by atoms with Crippen LogP contribution in [0.25, 0.3) is 10.2 Å². The summed E-state index contributed by atoms with van der Waals surface area (Å²) in [4.78, 5) is 31.5. The maximum absolute atomic E-state index is 12.8. The molecule has 5 nitrogen and oxygen atoms in total. The number of pyridine rings is 1. The van der Waals surface area contributed by atoms with Gasteiger partial charge >= 0.3 is 5.97 Å². The summed E-state index contributed by atoms with van der Waals surface area (Å²) in [5.74, 6) is -1.33. The molecule has 1 N–H and O–H groups in total. The van der Waals surface area contributed by atoms with Gasteiger partial charge in [-0.1, -0.05) is 0 Å². The van der Waals surface area contributed by atoms with Gasteiger partial charge < -0.3 is 10.0 Å².